The molecule has 0 aliphatic heterocycles. The molecule has 0 bridgehead atoms. The monoisotopic (exact) mass is 197 g/mol. The van der Waals surface area contributed by atoms with Gasteiger partial charge in [-0.3, -0.25) is 4.79 Å². The van der Waals surface area contributed by atoms with Crippen LogP contribution in [0.2, 0.25) is 0 Å². The van der Waals surface area contributed by atoms with Crippen molar-refractivity contribution in [3.8, 4) is 6.07 Å². The van der Waals surface area contributed by atoms with Gasteiger partial charge in [0.2, 0.25) is 5.91 Å². The molecule has 0 rings (SSSR count). The summed E-state index contributed by atoms with van der Waals surface area (Å²) in [5.74, 6) is 0.0969. The minimum Gasteiger partial charge on any atom is -0.356 e. The predicted octanol–water partition coefficient (Wildman–Crippen LogP) is 0.796. The molecule has 0 aliphatic rings. The van der Waals surface area contributed by atoms with E-state index in [9.17, 15) is 4.79 Å². The Balaban J connectivity index is 3.11. The number of hydrogen-bond donors (Lipinski definition) is 2. The normalized spacial score (nSPS) is 9.43. The molecule has 0 saturated carbocycles. The Labute approximate surface area is 85.7 Å². The van der Waals surface area contributed by atoms with Crippen molar-refractivity contribution >= 4 is 5.91 Å². The predicted molar refractivity (Wildman–Crippen MR) is 55.6 cm³/mol. The van der Waals surface area contributed by atoms with Crippen LogP contribution in [-0.2, 0) is 4.79 Å². The van der Waals surface area contributed by atoms with Crippen molar-refractivity contribution in [3.05, 3.63) is 0 Å². The number of nitrogens with one attached hydrogen (secondary N) is 2. The molecule has 0 aliphatic carbocycles. The minimum atomic E-state index is 0.0969. The first-order valence-corrected chi connectivity index (χ1v) is 5.15. The number of unbranched alkanes of at least 4 members (excludes halogenated alkanes) is 1. The molecular formula is C10H19N3O. The van der Waals surface area contributed by atoms with Gasteiger partial charge in [-0.1, -0.05) is 6.92 Å². The van der Waals surface area contributed by atoms with Gasteiger partial charge in [0.1, 0.15) is 0 Å². The maximum atomic E-state index is 11.1. The second-order valence-corrected chi connectivity index (χ2v) is 3.11. The van der Waals surface area contributed by atoms with Crippen LogP contribution in [0.25, 0.3) is 0 Å². The molecule has 0 spiro atoms. The van der Waals surface area contributed by atoms with E-state index in [-0.39, 0.29) is 5.91 Å². The summed E-state index contributed by atoms with van der Waals surface area (Å²) in [6, 6.07) is 2.08. The summed E-state index contributed by atoms with van der Waals surface area (Å²) in [7, 11) is 0. The van der Waals surface area contributed by atoms with Gasteiger partial charge in [0, 0.05) is 25.9 Å². The third kappa shape index (κ3) is 9.01. The lowest BCUT2D eigenvalue weighted by molar-refractivity contribution is -0.120. The van der Waals surface area contributed by atoms with Crippen LogP contribution >= 0.6 is 0 Å². The van der Waals surface area contributed by atoms with Crippen LogP contribution in [0.5, 0.6) is 0 Å². The summed E-state index contributed by atoms with van der Waals surface area (Å²) in [6.45, 7) is 4.29. The van der Waals surface area contributed by atoms with Crippen molar-refractivity contribution < 1.29 is 4.79 Å². The summed E-state index contributed by atoms with van der Waals surface area (Å²) in [4.78, 5) is 11.1. The number of hydrogen-bond acceptors (Lipinski definition) is 3. The quantitative estimate of drug-likeness (QED) is 0.566. The van der Waals surface area contributed by atoms with Gasteiger partial charge in [-0.05, 0) is 19.4 Å². The van der Waals surface area contributed by atoms with E-state index in [1.54, 1.807) is 0 Å². The number of nitriles is 1. The van der Waals surface area contributed by atoms with Crippen LogP contribution in [0.3, 0.4) is 0 Å². The fourth-order valence-electron chi connectivity index (χ4n) is 0.972. The number of nitrogens with zero attached hydrogens (tertiary/aromatic N) is 1. The molecule has 4 nitrogen and oxygen atoms in total. The Kier molecular flexibility index (Phi) is 9.23. The number of rotatable bonds is 8. The van der Waals surface area contributed by atoms with E-state index < -0.39 is 0 Å². The topological polar surface area (TPSA) is 64.9 Å². The highest BCUT2D eigenvalue weighted by Gasteiger charge is 1.97. The number of carbonyl (C=O) groups is 1. The smallest absolute Gasteiger partial charge is 0.221 e. The van der Waals surface area contributed by atoms with E-state index in [1.165, 1.54) is 0 Å². The second-order valence-electron chi connectivity index (χ2n) is 3.11. The van der Waals surface area contributed by atoms with Crippen LogP contribution in [-0.4, -0.2) is 25.5 Å². The maximum Gasteiger partial charge on any atom is 0.221 e. The molecule has 0 atom stereocenters. The molecule has 1 amide bonds. The molecule has 2 N–H and O–H groups in total. The zero-order valence-electron chi connectivity index (χ0n) is 8.81. The van der Waals surface area contributed by atoms with E-state index in [4.69, 9.17) is 5.26 Å². The molecule has 4 heteroatoms. The van der Waals surface area contributed by atoms with Crippen molar-refractivity contribution in [1.82, 2.24) is 10.6 Å². The van der Waals surface area contributed by atoms with E-state index in [2.05, 4.69) is 16.7 Å². The standard InChI is InChI=1S/C10H19N3O/c1-2-7-13-10(14)5-9-12-8-4-3-6-11/h12H,2-5,7-9H2,1H3,(H,13,14). The van der Waals surface area contributed by atoms with Crippen molar-refractivity contribution in [2.24, 2.45) is 0 Å². The molecule has 80 valence electrons. The molecular weight excluding hydrogens is 178 g/mol. The lowest BCUT2D eigenvalue weighted by Crippen LogP contribution is -2.28. The SMILES string of the molecule is CCCNC(=O)CCNCCCC#N. The van der Waals surface area contributed by atoms with E-state index in [0.717, 1.165) is 25.9 Å². The van der Waals surface area contributed by atoms with Crippen LogP contribution in [0.4, 0.5) is 0 Å². The molecule has 0 fully saturated rings. The summed E-state index contributed by atoms with van der Waals surface area (Å²) < 4.78 is 0. The first-order chi connectivity index (χ1) is 6.81. The van der Waals surface area contributed by atoms with Gasteiger partial charge >= 0.3 is 0 Å². The molecule has 0 aromatic heterocycles. The van der Waals surface area contributed by atoms with E-state index in [1.807, 2.05) is 6.92 Å². The first-order valence-electron chi connectivity index (χ1n) is 5.15. The van der Waals surface area contributed by atoms with E-state index in [0.29, 0.717) is 19.4 Å². The Morgan fingerprint density at radius 2 is 2.14 bits per heavy atom. The Bertz CT molecular complexity index is 186. The number of amides is 1. The Hall–Kier alpha value is -1.08. The van der Waals surface area contributed by atoms with Crippen LogP contribution in [0.1, 0.15) is 32.6 Å². The van der Waals surface area contributed by atoms with Gasteiger partial charge < -0.3 is 10.6 Å². The van der Waals surface area contributed by atoms with Crippen LogP contribution in [0, 0.1) is 11.3 Å². The lowest BCUT2D eigenvalue weighted by Gasteiger charge is -2.04. The molecule has 0 aromatic rings. The average molecular weight is 197 g/mol. The fourth-order valence-corrected chi connectivity index (χ4v) is 0.972. The third-order valence-corrected chi connectivity index (χ3v) is 1.74. The van der Waals surface area contributed by atoms with Gasteiger partial charge in [0.15, 0.2) is 0 Å². The van der Waals surface area contributed by atoms with Gasteiger partial charge in [0.05, 0.1) is 6.07 Å². The van der Waals surface area contributed by atoms with Gasteiger partial charge in [-0.25, -0.2) is 0 Å². The lowest BCUT2D eigenvalue weighted by atomic mass is 10.3. The summed E-state index contributed by atoms with van der Waals surface area (Å²) in [5.41, 5.74) is 0. The Morgan fingerprint density at radius 1 is 1.36 bits per heavy atom. The van der Waals surface area contributed by atoms with Crippen molar-refractivity contribution in [1.29, 1.82) is 5.26 Å². The zero-order chi connectivity index (χ0) is 10.6. The van der Waals surface area contributed by atoms with E-state index >= 15 is 0 Å². The highest BCUT2D eigenvalue weighted by molar-refractivity contribution is 5.75. The molecule has 0 radical (unpaired) electrons. The maximum absolute atomic E-state index is 11.1. The highest BCUT2D eigenvalue weighted by atomic mass is 16.1. The second kappa shape index (κ2) is 10.0. The van der Waals surface area contributed by atoms with Crippen LogP contribution < -0.4 is 10.6 Å². The molecule has 0 saturated heterocycles. The van der Waals surface area contributed by atoms with Gasteiger partial charge in [-0.2, -0.15) is 5.26 Å². The fraction of sp³-hybridized carbons (Fsp3) is 0.800. The Morgan fingerprint density at radius 3 is 2.79 bits per heavy atom. The number of carbonyl (C=O) groups excluding carboxylic acids is 1. The summed E-state index contributed by atoms with van der Waals surface area (Å²) in [5, 5.41) is 14.2. The average Bonchev–Trinajstić information content (AvgIpc) is 2.20. The molecule has 14 heavy (non-hydrogen) atoms. The largest absolute Gasteiger partial charge is 0.356 e. The van der Waals surface area contributed by atoms with Crippen molar-refractivity contribution in [2.75, 3.05) is 19.6 Å². The molecule has 0 unspecified atom stereocenters. The summed E-state index contributed by atoms with van der Waals surface area (Å²) >= 11 is 0. The molecule has 0 aromatic carbocycles. The van der Waals surface area contributed by atoms with Crippen LogP contribution in [0.15, 0.2) is 0 Å². The summed E-state index contributed by atoms with van der Waals surface area (Å²) in [6.07, 6.45) is 2.93. The minimum absolute atomic E-state index is 0.0969. The van der Waals surface area contributed by atoms with Gasteiger partial charge in [-0.15, -0.1) is 0 Å². The van der Waals surface area contributed by atoms with Crippen molar-refractivity contribution in [3.63, 3.8) is 0 Å². The highest BCUT2D eigenvalue weighted by Crippen LogP contribution is 1.84. The van der Waals surface area contributed by atoms with Crippen molar-refractivity contribution in [2.45, 2.75) is 32.6 Å². The first kappa shape index (κ1) is 12.9. The van der Waals surface area contributed by atoms with Gasteiger partial charge in [0.25, 0.3) is 0 Å². The molecule has 0 heterocycles. The third-order valence-electron chi connectivity index (χ3n) is 1.74. The zero-order valence-corrected chi connectivity index (χ0v) is 8.81.